The fourth-order valence-corrected chi connectivity index (χ4v) is 3.43. The van der Waals surface area contributed by atoms with Crippen LogP contribution < -0.4 is 5.56 Å². The van der Waals surface area contributed by atoms with Crippen molar-refractivity contribution < 1.29 is 4.52 Å². The Bertz CT molecular complexity index is 953. The van der Waals surface area contributed by atoms with E-state index < -0.39 is 0 Å². The second kappa shape index (κ2) is 8.05. The fraction of sp³-hybridized carbons (Fsp3) is 0.526. The third-order valence-electron chi connectivity index (χ3n) is 5.09. The number of hydrogen-bond acceptors (Lipinski definition) is 7. The van der Waals surface area contributed by atoms with E-state index in [1.807, 2.05) is 12.3 Å². The van der Waals surface area contributed by atoms with E-state index in [-0.39, 0.29) is 11.5 Å². The van der Waals surface area contributed by atoms with E-state index in [2.05, 4.69) is 39.1 Å². The summed E-state index contributed by atoms with van der Waals surface area (Å²) in [5.74, 6) is 2.77. The van der Waals surface area contributed by atoms with Crippen LogP contribution in [0, 0.1) is 5.92 Å². The highest BCUT2D eigenvalue weighted by atomic mass is 16.5. The second-order valence-corrected chi connectivity index (χ2v) is 7.58. The van der Waals surface area contributed by atoms with Gasteiger partial charge in [-0.25, -0.2) is 9.36 Å². The molecule has 9 nitrogen and oxygen atoms in total. The number of hydrogen-bond donors (Lipinski definition) is 0. The van der Waals surface area contributed by atoms with Crippen molar-refractivity contribution in [1.82, 2.24) is 34.6 Å². The summed E-state index contributed by atoms with van der Waals surface area (Å²) in [5.41, 5.74) is -0.0783. The molecule has 0 N–H and O–H groups in total. The van der Waals surface area contributed by atoms with Crippen LogP contribution in [0.3, 0.4) is 0 Å². The lowest BCUT2D eigenvalue weighted by molar-refractivity contribution is 0.148. The van der Waals surface area contributed by atoms with Crippen molar-refractivity contribution in [1.29, 1.82) is 0 Å². The summed E-state index contributed by atoms with van der Waals surface area (Å²) >= 11 is 0. The molecule has 3 aromatic heterocycles. The van der Waals surface area contributed by atoms with Gasteiger partial charge >= 0.3 is 0 Å². The molecule has 3 aromatic rings. The third-order valence-corrected chi connectivity index (χ3v) is 5.09. The molecule has 0 amide bonds. The lowest BCUT2D eigenvalue weighted by Crippen LogP contribution is -2.36. The Morgan fingerprint density at radius 2 is 2.07 bits per heavy atom. The van der Waals surface area contributed by atoms with E-state index in [4.69, 9.17) is 4.52 Å². The Balaban J connectivity index is 1.34. The van der Waals surface area contributed by atoms with Gasteiger partial charge in [0.2, 0.25) is 5.89 Å². The van der Waals surface area contributed by atoms with Crippen molar-refractivity contribution >= 4 is 0 Å². The highest BCUT2D eigenvalue weighted by molar-refractivity contribution is 5.17. The van der Waals surface area contributed by atoms with Crippen LogP contribution in [0.25, 0.3) is 5.82 Å². The zero-order chi connectivity index (χ0) is 19.5. The highest BCUT2D eigenvalue weighted by Gasteiger charge is 2.22. The summed E-state index contributed by atoms with van der Waals surface area (Å²) in [7, 11) is 0. The molecule has 1 aliphatic heterocycles. The summed E-state index contributed by atoms with van der Waals surface area (Å²) in [6.45, 7) is 7.30. The quantitative estimate of drug-likeness (QED) is 0.641. The maximum absolute atomic E-state index is 12.2. The predicted molar refractivity (Wildman–Crippen MR) is 102 cm³/mol. The lowest BCUT2D eigenvalue weighted by atomic mass is 9.97. The van der Waals surface area contributed by atoms with Crippen LogP contribution in [0.15, 0.2) is 39.9 Å². The van der Waals surface area contributed by atoms with Crippen LogP contribution in [0.5, 0.6) is 0 Å². The maximum Gasteiger partial charge on any atom is 0.266 e. The van der Waals surface area contributed by atoms with Gasteiger partial charge in [-0.1, -0.05) is 19.0 Å². The van der Waals surface area contributed by atoms with Crippen molar-refractivity contribution in [3.8, 4) is 5.82 Å². The van der Waals surface area contributed by atoms with Crippen molar-refractivity contribution in [2.24, 2.45) is 5.92 Å². The van der Waals surface area contributed by atoms with Gasteiger partial charge in [-0.2, -0.15) is 10.1 Å². The number of rotatable bonds is 6. The first-order chi connectivity index (χ1) is 13.6. The Morgan fingerprint density at radius 1 is 1.25 bits per heavy atom. The molecule has 1 aliphatic rings. The van der Waals surface area contributed by atoms with Gasteiger partial charge in [-0.3, -0.25) is 9.69 Å². The largest absolute Gasteiger partial charge is 0.338 e. The Kier molecular flexibility index (Phi) is 5.34. The molecule has 4 heterocycles. The highest BCUT2D eigenvalue weighted by Crippen LogP contribution is 2.20. The number of likely N-dealkylation sites (tertiary alicyclic amines) is 1. The van der Waals surface area contributed by atoms with E-state index in [9.17, 15) is 4.79 Å². The van der Waals surface area contributed by atoms with Crippen molar-refractivity contribution in [3.05, 3.63) is 52.7 Å². The van der Waals surface area contributed by atoms with Gasteiger partial charge in [0.15, 0.2) is 11.6 Å². The van der Waals surface area contributed by atoms with Gasteiger partial charge in [0, 0.05) is 30.9 Å². The van der Waals surface area contributed by atoms with E-state index in [1.54, 1.807) is 27.7 Å². The van der Waals surface area contributed by atoms with Crippen LogP contribution in [0.2, 0.25) is 0 Å². The van der Waals surface area contributed by atoms with Crippen molar-refractivity contribution in [3.63, 3.8) is 0 Å². The first-order valence-corrected chi connectivity index (χ1v) is 9.71. The molecule has 0 saturated carbocycles. The molecule has 1 fully saturated rings. The van der Waals surface area contributed by atoms with E-state index >= 15 is 0 Å². The normalized spacial score (nSPS) is 16.1. The molecule has 148 valence electrons. The average molecular weight is 383 g/mol. The van der Waals surface area contributed by atoms with Gasteiger partial charge in [-0.15, -0.1) is 5.10 Å². The molecule has 4 rings (SSSR count). The fourth-order valence-electron chi connectivity index (χ4n) is 3.43. The molecule has 28 heavy (non-hydrogen) atoms. The summed E-state index contributed by atoms with van der Waals surface area (Å²) in [5, 5.41) is 12.7. The molecular weight excluding hydrogens is 358 g/mol. The van der Waals surface area contributed by atoms with Crippen LogP contribution in [-0.4, -0.2) is 47.7 Å². The van der Waals surface area contributed by atoms with Crippen LogP contribution >= 0.6 is 0 Å². The zero-order valence-corrected chi connectivity index (χ0v) is 16.2. The van der Waals surface area contributed by atoms with Gasteiger partial charge in [0.05, 0.1) is 6.54 Å². The van der Waals surface area contributed by atoms with Gasteiger partial charge in [0.1, 0.15) is 0 Å². The van der Waals surface area contributed by atoms with Crippen LogP contribution in [0.1, 0.15) is 44.3 Å². The SMILES string of the molecule is CC(C)c1noc(CN2CCC(Cn3nc(-n4cccn4)ccc3=O)CC2)n1. The Labute approximate surface area is 163 Å². The summed E-state index contributed by atoms with van der Waals surface area (Å²) < 4.78 is 8.57. The average Bonchev–Trinajstić information content (AvgIpc) is 3.37. The second-order valence-electron chi connectivity index (χ2n) is 7.58. The number of aromatic nitrogens is 6. The first kappa shape index (κ1) is 18.5. The van der Waals surface area contributed by atoms with Crippen LogP contribution in [0.4, 0.5) is 0 Å². The van der Waals surface area contributed by atoms with Gasteiger partial charge in [-0.05, 0) is 44.0 Å². The van der Waals surface area contributed by atoms with E-state index in [0.29, 0.717) is 30.7 Å². The molecule has 9 heteroatoms. The molecular formula is C19H25N7O2. The Hall–Kier alpha value is -2.81. The van der Waals surface area contributed by atoms with E-state index in [0.717, 1.165) is 31.8 Å². The molecule has 0 spiro atoms. The summed E-state index contributed by atoms with van der Waals surface area (Å²) in [6, 6.07) is 5.09. The first-order valence-electron chi connectivity index (χ1n) is 9.71. The molecule has 0 atom stereocenters. The number of piperidine rings is 1. The molecule has 0 unspecified atom stereocenters. The third kappa shape index (κ3) is 4.19. The standard InChI is InChI=1S/C19H25N7O2/c1-14(2)19-21-17(28-23-19)13-24-10-6-15(7-11-24)12-26-18(27)5-4-16(22-26)25-9-3-8-20-25/h3-5,8-9,14-15H,6-7,10-13H2,1-2H3. The maximum atomic E-state index is 12.2. The molecule has 0 aromatic carbocycles. The number of nitrogens with zero attached hydrogens (tertiary/aromatic N) is 7. The predicted octanol–water partition coefficient (Wildman–Crippen LogP) is 1.85. The van der Waals surface area contributed by atoms with Crippen LogP contribution in [-0.2, 0) is 13.1 Å². The minimum Gasteiger partial charge on any atom is -0.338 e. The van der Waals surface area contributed by atoms with Gasteiger partial charge in [0.25, 0.3) is 5.56 Å². The zero-order valence-electron chi connectivity index (χ0n) is 16.2. The minimum atomic E-state index is -0.0783. The topological polar surface area (TPSA) is 94.9 Å². The molecule has 1 saturated heterocycles. The van der Waals surface area contributed by atoms with Gasteiger partial charge < -0.3 is 4.52 Å². The molecule has 0 aliphatic carbocycles. The Morgan fingerprint density at radius 3 is 2.75 bits per heavy atom. The lowest BCUT2D eigenvalue weighted by Gasteiger charge is -2.30. The van der Waals surface area contributed by atoms with Crippen molar-refractivity contribution in [2.45, 2.75) is 45.7 Å². The smallest absolute Gasteiger partial charge is 0.266 e. The summed E-state index contributed by atoms with van der Waals surface area (Å²) in [4.78, 5) is 19.0. The molecule has 0 radical (unpaired) electrons. The molecule has 0 bridgehead atoms. The minimum absolute atomic E-state index is 0.0783. The van der Waals surface area contributed by atoms with E-state index in [1.165, 1.54) is 0 Å². The summed E-state index contributed by atoms with van der Waals surface area (Å²) in [6.07, 6.45) is 5.52. The van der Waals surface area contributed by atoms with Crippen molar-refractivity contribution in [2.75, 3.05) is 13.1 Å². The monoisotopic (exact) mass is 383 g/mol.